The van der Waals surface area contributed by atoms with Crippen LogP contribution >= 0.6 is 0 Å². The molecule has 0 aliphatic carbocycles. The highest BCUT2D eigenvalue weighted by Crippen LogP contribution is 2.07. The number of benzene rings is 1. The lowest BCUT2D eigenvalue weighted by Crippen LogP contribution is -2.32. The van der Waals surface area contributed by atoms with Crippen molar-refractivity contribution in [1.82, 2.24) is 10.6 Å². The summed E-state index contributed by atoms with van der Waals surface area (Å²) in [5.41, 5.74) is -0.00186. The van der Waals surface area contributed by atoms with Gasteiger partial charge < -0.3 is 10.6 Å². The Morgan fingerprint density at radius 2 is 1.76 bits per heavy atom. The topological polar surface area (TPSA) is 41.1 Å². The molecule has 0 saturated carbocycles. The summed E-state index contributed by atoms with van der Waals surface area (Å²) >= 11 is 0. The monoisotopic (exact) mass is 242 g/mol. The van der Waals surface area contributed by atoms with Crippen LogP contribution in [0.15, 0.2) is 18.2 Å². The van der Waals surface area contributed by atoms with E-state index in [4.69, 9.17) is 0 Å². The van der Waals surface area contributed by atoms with E-state index in [1.54, 1.807) is 0 Å². The van der Waals surface area contributed by atoms with Crippen molar-refractivity contribution in [2.75, 3.05) is 19.6 Å². The first kappa shape index (κ1) is 13.6. The van der Waals surface area contributed by atoms with Crippen LogP contribution < -0.4 is 10.6 Å². The maximum absolute atomic E-state index is 12.8. The summed E-state index contributed by atoms with van der Waals surface area (Å²) < 4.78 is 25.7. The van der Waals surface area contributed by atoms with Crippen molar-refractivity contribution in [2.24, 2.45) is 0 Å². The summed E-state index contributed by atoms with van der Waals surface area (Å²) in [6, 6.07) is 2.76. The van der Waals surface area contributed by atoms with Gasteiger partial charge in [-0.2, -0.15) is 0 Å². The van der Waals surface area contributed by atoms with Crippen LogP contribution in [0.5, 0.6) is 0 Å². The van der Waals surface area contributed by atoms with Crippen LogP contribution in [-0.2, 0) is 0 Å². The molecule has 1 amide bonds. The van der Waals surface area contributed by atoms with Gasteiger partial charge in [0.2, 0.25) is 0 Å². The zero-order valence-corrected chi connectivity index (χ0v) is 9.72. The minimum absolute atomic E-state index is 0.00186. The van der Waals surface area contributed by atoms with Crippen molar-refractivity contribution in [3.05, 3.63) is 35.4 Å². The van der Waals surface area contributed by atoms with Gasteiger partial charge in [-0.25, -0.2) is 8.78 Å². The van der Waals surface area contributed by atoms with Gasteiger partial charge in [0.15, 0.2) is 0 Å². The minimum atomic E-state index is -0.751. The first-order valence-electron chi connectivity index (χ1n) is 5.58. The van der Waals surface area contributed by atoms with Gasteiger partial charge in [-0.05, 0) is 25.1 Å². The highest BCUT2D eigenvalue weighted by atomic mass is 19.1. The van der Waals surface area contributed by atoms with Gasteiger partial charge in [-0.1, -0.05) is 6.92 Å². The molecule has 0 heterocycles. The van der Waals surface area contributed by atoms with Crippen molar-refractivity contribution in [2.45, 2.75) is 13.3 Å². The van der Waals surface area contributed by atoms with Crippen LogP contribution in [0.3, 0.4) is 0 Å². The second kappa shape index (κ2) is 6.96. The molecule has 0 atom stereocenters. The average molecular weight is 242 g/mol. The maximum atomic E-state index is 12.8. The molecule has 0 fully saturated rings. The lowest BCUT2D eigenvalue weighted by atomic mass is 10.2. The van der Waals surface area contributed by atoms with E-state index < -0.39 is 17.5 Å². The molecule has 0 aliphatic heterocycles. The Labute approximate surface area is 99.2 Å². The van der Waals surface area contributed by atoms with Crippen LogP contribution in [0.25, 0.3) is 0 Å². The van der Waals surface area contributed by atoms with E-state index in [2.05, 4.69) is 10.6 Å². The maximum Gasteiger partial charge on any atom is 0.251 e. The van der Waals surface area contributed by atoms with Gasteiger partial charge in [0.1, 0.15) is 11.6 Å². The van der Waals surface area contributed by atoms with Crippen molar-refractivity contribution in [1.29, 1.82) is 0 Å². The number of rotatable bonds is 6. The number of hydrogen-bond acceptors (Lipinski definition) is 2. The molecule has 1 aromatic carbocycles. The molecule has 0 unspecified atom stereocenters. The number of carbonyl (C=O) groups is 1. The van der Waals surface area contributed by atoms with Crippen molar-refractivity contribution in [3.63, 3.8) is 0 Å². The van der Waals surface area contributed by atoms with Crippen LogP contribution in [0.2, 0.25) is 0 Å². The summed E-state index contributed by atoms with van der Waals surface area (Å²) in [5, 5.41) is 5.68. The Bertz CT molecular complexity index is 363. The number of nitrogens with one attached hydrogen (secondary N) is 2. The zero-order valence-electron chi connectivity index (χ0n) is 9.72. The normalized spacial score (nSPS) is 10.3. The molecule has 1 rings (SSSR count). The summed E-state index contributed by atoms with van der Waals surface area (Å²) in [6.45, 7) is 3.99. The molecule has 1 aromatic rings. The van der Waals surface area contributed by atoms with Gasteiger partial charge in [-0.3, -0.25) is 4.79 Å². The summed E-state index contributed by atoms with van der Waals surface area (Å²) in [6.07, 6.45) is 1.02. The molecule has 0 radical (unpaired) electrons. The fraction of sp³-hybridized carbons (Fsp3) is 0.417. The Morgan fingerprint density at radius 3 is 2.35 bits per heavy atom. The fourth-order valence-electron chi connectivity index (χ4n) is 1.35. The average Bonchev–Trinajstić information content (AvgIpc) is 2.27. The number of hydrogen-bond donors (Lipinski definition) is 2. The van der Waals surface area contributed by atoms with Gasteiger partial charge in [0, 0.05) is 24.7 Å². The smallest absolute Gasteiger partial charge is 0.251 e. The van der Waals surface area contributed by atoms with E-state index in [9.17, 15) is 13.6 Å². The van der Waals surface area contributed by atoms with E-state index in [1.165, 1.54) is 0 Å². The summed E-state index contributed by atoms with van der Waals surface area (Å²) in [7, 11) is 0. The molecule has 2 N–H and O–H groups in total. The quantitative estimate of drug-likeness (QED) is 0.745. The van der Waals surface area contributed by atoms with E-state index >= 15 is 0 Å². The molecule has 94 valence electrons. The highest BCUT2D eigenvalue weighted by molar-refractivity contribution is 5.94. The van der Waals surface area contributed by atoms with Crippen LogP contribution in [0.1, 0.15) is 23.7 Å². The molecule has 0 aromatic heterocycles. The van der Waals surface area contributed by atoms with E-state index in [1.807, 2.05) is 6.92 Å². The molecule has 5 heteroatoms. The van der Waals surface area contributed by atoms with Crippen molar-refractivity contribution >= 4 is 5.91 Å². The molecule has 0 spiro atoms. The van der Waals surface area contributed by atoms with Crippen LogP contribution in [-0.4, -0.2) is 25.5 Å². The Kier molecular flexibility index (Phi) is 5.56. The van der Waals surface area contributed by atoms with Crippen molar-refractivity contribution in [3.8, 4) is 0 Å². The molecule has 0 bridgehead atoms. The van der Waals surface area contributed by atoms with E-state index in [0.29, 0.717) is 13.1 Å². The molecule has 0 aliphatic rings. The Hall–Kier alpha value is -1.49. The molecule has 0 saturated heterocycles. The van der Waals surface area contributed by atoms with Gasteiger partial charge in [-0.15, -0.1) is 0 Å². The second-order valence-electron chi connectivity index (χ2n) is 3.66. The summed E-state index contributed by atoms with van der Waals surface area (Å²) in [4.78, 5) is 11.5. The van der Waals surface area contributed by atoms with Crippen LogP contribution in [0, 0.1) is 11.6 Å². The second-order valence-corrected chi connectivity index (χ2v) is 3.66. The Balaban J connectivity index is 2.41. The van der Waals surface area contributed by atoms with Gasteiger partial charge in [0.05, 0.1) is 0 Å². The zero-order chi connectivity index (χ0) is 12.7. The number of halogens is 2. The first-order chi connectivity index (χ1) is 8.13. The van der Waals surface area contributed by atoms with Gasteiger partial charge in [0.25, 0.3) is 5.91 Å². The largest absolute Gasteiger partial charge is 0.351 e. The predicted octanol–water partition coefficient (Wildman–Crippen LogP) is 1.69. The minimum Gasteiger partial charge on any atom is -0.351 e. The van der Waals surface area contributed by atoms with Gasteiger partial charge >= 0.3 is 0 Å². The van der Waals surface area contributed by atoms with Crippen LogP contribution in [0.4, 0.5) is 8.78 Å². The SMILES string of the molecule is CCCNCCNC(=O)c1cc(F)cc(F)c1. The third-order valence-electron chi connectivity index (χ3n) is 2.14. The molecular formula is C12H16F2N2O. The Morgan fingerprint density at radius 1 is 1.12 bits per heavy atom. The number of carbonyl (C=O) groups excluding carboxylic acids is 1. The lowest BCUT2D eigenvalue weighted by Gasteiger charge is -2.06. The molecule has 17 heavy (non-hydrogen) atoms. The predicted molar refractivity (Wildman–Crippen MR) is 61.9 cm³/mol. The van der Waals surface area contributed by atoms with E-state index in [0.717, 1.165) is 31.2 Å². The third-order valence-corrected chi connectivity index (χ3v) is 2.14. The van der Waals surface area contributed by atoms with E-state index in [-0.39, 0.29) is 5.56 Å². The number of amides is 1. The molecule has 3 nitrogen and oxygen atoms in total. The highest BCUT2D eigenvalue weighted by Gasteiger charge is 2.08. The lowest BCUT2D eigenvalue weighted by molar-refractivity contribution is 0.0953. The standard InChI is InChI=1S/C12H16F2N2O/c1-2-3-15-4-5-16-12(17)9-6-10(13)8-11(14)7-9/h6-8,15H,2-5H2,1H3,(H,16,17). The third kappa shape index (κ3) is 4.91. The first-order valence-corrected chi connectivity index (χ1v) is 5.58. The van der Waals surface area contributed by atoms with Crippen molar-refractivity contribution < 1.29 is 13.6 Å². The fourth-order valence-corrected chi connectivity index (χ4v) is 1.35. The summed E-state index contributed by atoms with van der Waals surface area (Å²) in [5.74, 6) is -1.97. The molecular weight excluding hydrogens is 226 g/mol.